The van der Waals surface area contributed by atoms with E-state index in [1.807, 2.05) is 65.6 Å². The summed E-state index contributed by atoms with van der Waals surface area (Å²) in [6, 6.07) is 22.2. The third-order valence-electron chi connectivity index (χ3n) is 4.39. The van der Waals surface area contributed by atoms with Crippen LogP contribution in [0.15, 0.2) is 72.8 Å². The zero-order valence-corrected chi connectivity index (χ0v) is 16.0. The summed E-state index contributed by atoms with van der Waals surface area (Å²) in [7, 11) is 1.30. The highest BCUT2D eigenvalue weighted by molar-refractivity contribution is 5.72. The third-order valence-corrected chi connectivity index (χ3v) is 4.39. The van der Waals surface area contributed by atoms with Gasteiger partial charge in [0.05, 0.1) is 24.1 Å². The van der Waals surface area contributed by atoms with Crippen LogP contribution < -0.4 is 4.90 Å². The summed E-state index contributed by atoms with van der Waals surface area (Å²) in [4.78, 5) is 29.2. The largest absolute Gasteiger partial charge is 0.469 e. The summed E-state index contributed by atoms with van der Waals surface area (Å²) in [5.41, 5.74) is 2.31. The van der Waals surface area contributed by atoms with Gasteiger partial charge in [0, 0.05) is 19.2 Å². The van der Waals surface area contributed by atoms with Gasteiger partial charge in [0.15, 0.2) is 0 Å². The smallest absolute Gasteiger partial charge is 0.311 e. The van der Waals surface area contributed by atoms with Crippen molar-refractivity contribution >= 4 is 17.5 Å². The first-order chi connectivity index (χ1) is 14.1. The topological polar surface area (TPSA) is 85.6 Å². The Morgan fingerprint density at radius 3 is 2.00 bits per heavy atom. The molecule has 0 bridgehead atoms. The van der Waals surface area contributed by atoms with E-state index in [1.165, 1.54) is 19.2 Å². The molecule has 3 rings (SSSR count). The van der Waals surface area contributed by atoms with E-state index in [1.54, 1.807) is 0 Å². The fourth-order valence-electron chi connectivity index (χ4n) is 2.99. The molecule has 29 heavy (non-hydrogen) atoms. The number of carbonyl (C=O) groups excluding carboxylic acids is 1. The van der Waals surface area contributed by atoms with Gasteiger partial charge >= 0.3 is 11.7 Å². The number of methoxy groups -OCH3 is 1. The molecular weight excluding hydrogens is 370 g/mol. The summed E-state index contributed by atoms with van der Waals surface area (Å²) < 4.78 is 4.70. The van der Waals surface area contributed by atoms with Crippen LogP contribution in [0, 0.1) is 10.1 Å². The molecular formula is C22H21N3O4. The van der Waals surface area contributed by atoms with Gasteiger partial charge in [0.1, 0.15) is 0 Å². The molecule has 0 radical (unpaired) electrons. The van der Waals surface area contributed by atoms with Crippen molar-refractivity contribution < 1.29 is 14.5 Å². The fraction of sp³-hybridized carbons (Fsp3) is 0.182. The van der Waals surface area contributed by atoms with Crippen LogP contribution in [0.4, 0.5) is 11.5 Å². The molecule has 2 aromatic carbocycles. The first-order valence-electron chi connectivity index (χ1n) is 9.10. The molecule has 0 N–H and O–H groups in total. The Morgan fingerprint density at radius 2 is 1.52 bits per heavy atom. The summed E-state index contributed by atoms with van der Waals surface area (Å²) >= 11 is 0. The Labute approximate surface area is 168 Å². The van der Waals surface area contributed by atoms with Gasteiger partial charge in [-0.2, -0.15) is 0 Å². The molecule has 1 aromatic heterocycles. The molecule has 0 saturated heterocycles. The van der Waals surface area contributed by atoms with Gasteiger partial charge in [-0.1, -0.05) is 60.7 Å². The van der Waals surface area contributed by atoms with Crippen LogP contribution in [0.5, 0.6) is 0 Å². The van der Waals surface area contributed by atoms with Gasteiger partial charge < -0.3 is 9.64 Å². The summed E-state index contributed by atoms with van der Waals surface area (Å²) in [5.74, 6) is -0.223. The number of nitrogens with zero attached hydrogens (tertiary/aromatic N) is 3. The molecule has 0 aliphatic rings. The highest BCUT2D eigenvalue weighted by Gasteiger charge is 2.23. The monoisotopic (exact) mass is 391 g/mol. The number of carbonyl (C=O) groups is 1. The molecule has 0 aliphatic heterocycles. The highest BCUT2D eigenvalue weighted by atomic mass is 16.6. The van der Waals surface area contributed by atoms with Crippen molar-refractivity contribution in [2.75, 3.05) is 12.0 Å². The van der Waals surface area contributed by atoms with Crippen molar-refractivity contribution in [3.8, 4) is 0 Å². The Morgan fingerprint density at radius 1 is 0.966 bits per heavy atom. The van der Waals surface area contributed by atoms with E-state index in [0.717, 1.165) is 11.1 Å². The zero-order chi connectivity index (χ0) is 20.6. The molecule has 0 unspecified atom stereocenters. The fourth-order valence-corrected chi connectivity index (χ4v) is 2.99. The number of nitro groups is 1. The number of anilines is 1. The average molecular weight is 391 g/mol. The molecule has 1 heterocycles. The summed E-state index contributed by atoms with van der Waals surface area (Å²) in [6.07, 6.45) is -0.0496. The van der Waals surface area contributed by atoms with Crippen molar-refractivity contribution in [2.24, 2.45) is 0 Å². The van der Waals surface area contributed by atoms with E-state index < -0.39 is 10.9 Å². The normalized spacial score (nSPS) is 10.4. The number of hydrogen-bond acceptors (Lipinski definition) is 6. The number of aromatic nitrogens is 1. The van der Waals surface area contributed by atoms with Gasteiger partial charge in [-0.15, -0.1) is 0 Å². The van der Waals surface area contributed by atoms with Crippen molar-refractivity contribution in [3.05, 3.63) is 99.7 Å². The van der Waals surface area contributed by atoms with Crippen LogP contribution >= 0.6 is 0 Å². The van der Waals surface area contributed by atoms with Crippen LogP contribution in [0.3, 0.4) is 0 Å². The van der Waals surface area contributed by atoms with Crippen LogP contribution in [0.1, 0.15) is 16.8 Å². The predicted octanol–water partition coefficient (Wildman–Crippen LogP) is 3.91. The molecule has 148 valence electrons. The van der Waals surface area contributed by atoms with Gasteiger partial charge in [-0.25, -0.2) is 4.98 Å². The summed E-state index contributed by atoms with van der Waals surface area (Å²) in [6.45, 7) is 0.872. The number of hydrogen-bond donors (Lipinski definition) is 0. The van der Waals surface area contributed by atoms with E-state index in [2.05, 4.69) is 4.98 Å². The zero-order valence-electron chi connectivity index (χ0n) is 16.0. The van der Waals surface area contributed by atoms with Gasteiger partial charge in [-0.05, 0) is 17.2 Å². The molecule has 7 heteroatoms. The number of pyridine rings is 1. The Hall–Kier alpha value is -3.74. The van der Waals surface area contributed by atoms with E-state index >= 15 is 0 Å². The first-order valence-corrected chi connectivity index (χ1v) is 9.10. The van der Waals surface area contributed by atoms with Gasteiger partial charge in [0.2, 0.25) is 5.82 Å². The van der Waals surface area contributed by atoms with Crippen molar-refractivity contribution in [1.29, 1.82) is 0 Å². The highest BCUT2D eigenvalue weighted by Crippen LogP contribution is 2.29. The van der Waals surface area contributed by atoms with Gasteiger partial charge in [0.25, 0.3) is 0 Å². The van der Waals surface area contributed by atoms with Crippen LogP contribution in [0.2, 0.25) is 0 Å². The van der Waals surface area contributed by atoms with E-state index in [4.69, 9.17) is 4.74 Å². The minimum absolute atomic E-state index is 0.0496. The second-order valence-corrected chi connectivity index (χ2v) is 6.48. The quantitative estimate of drug-likeness (QED) is 0.329. The van der Waals surface area contributed by atoms with Gasteiger partial charge in [-0.3, -0.25) is 14.9 Å². The van der Waals surface area contributed by atoms with E-state index in [0.29, 0.717) is 18.8 Å². The number of rotatable bonds is 8. The minimum atomic E-state index is -0.451. The molecule has 7 nitrogen and oxygen atoms in total. The maximum absolute atomic E-state index is 11.7. The first kappa shape index (κ1) is 20.0. The lowest BCUT2D eigenvalue weighted by Gasteiger charge is -2.24. The standard InChI is InChI=1S/C22H21N3O4/c1-29-21(26)14-19-12-13-20(25(27)28)22(23-19)24(15-17-8-4-2-5-9-17)16-18-10-6-3-7-11-18/h2-13H,14-16H2,1H3. The Kier molecular flexibility index (Phi) is 6.52. The SMILES string of the molecule is COC(=O)Cc1ccc([N+](=O)[O-])c(N(Cc2ccccc2)Cc2ccccc2)n1. The molecule has 0 atom stereocenters. The number of esters is 1. The lowest BCUT2D eigenvalue weighted by Crippen LogP contribution is -2.25. The third kappa shape index (κ3) is 5.38. The maximum Gasteiger partial charge on any atom is 0.311 e. The van der Waals surface area contributed by atoms with Crippen molar-refractivity contribution in [3.63, 3.8) is 0 Å². The summed E-state index contributed by atoms with van der Waals surface area (Å²) in [5, 5.41) is 11.7. The molecule has 0 fully saturated rings. The van der Waals surface area contributed by atoms with E-state index in [-0.39, 0.29) is 17.9 Å². The second kappa shape index (κ2) is 9.45. The van der Waals surface area contributed by atoms with Crippen LogP contribution in [0.25, 0.3) is 0 Å². The van der Waals surface area contributed by atoms with Crippen LogP contribution in [-0.4, -0.2) is 23.0 Å². The second-order valence-electron chi connectivity index (χ2n) is 6.48. The molecule has 0 saturated carbocycles. The average Bonchev–Trinajstić information content (AvgIpc) is 2.74. The van der Waals surface area contributed by atoms with Crippen molar-refractivity contribution in [2.45, 2.75) is 19.5 Å². The van der Waals surface area contributed by atoms with E-state index in [9.17, 15) is 14.9 Å². The molecule has 0 spiro atoms. The molecule has 0 amide bonds. The lowest BCUT2D eigenvalue weighted by atomic mass is 10.1. The lowest BCUT2D eigenvalue weighted by molar-refractivity contribution is -0.384. The van der Waals surface area contributed by atoms with Crippen LogP contribution in [-0.2, 0) is 29.0 Å². The predicted molar refractivity (Wildman–Crippen MR) is 109 cm³/mol. The molecule has 0 aliphatic carbocycles. The molecule has 3 aromatic rings. The Balaban J connectivity index is 2.03. The number of ether oxygens (including phenoxy) is 1. The minimum Gasteiger partial charge on any atom is -0.469 e. The number of benzene rings is 2. The maximum atomic E-state index is 11.7. The van der Waals surface area contributed by atoms with Crippen molar-refractivity contribution in [1.82, 2.24) is 4.98 Å². The Bertz CT molecular complexity index is 936.